The predicted molar refractivity (Wildman–Crippen MR) is 74.1 cm³/mol. The highest BCUT2D eigenvalue weighted by Crippen LogP contribution is 2.39. The summed E-state index contributed by atoms with van der Waals surface area (Å²) in [5.74, 6) is -0.878. The van der Waals surface area contributed by atoms with Crippen LogP contribution in [0.15, 0.2) is 16.6 Å². The quantitative estimate of drug-likeness (QED) is 0.842. The molecule has 106 valence electrons. The highest BCUT2D eigenvalue weighted by atomic mass is 79.9. The Bertz CT molecular complexity index is 461. The maximum atomic E-state index is 14.1. The van der Waals surface area contributed by atoms with Crippen LogP contribution in [0.25, 0.3) is 0 Å². The zero-order valence-electron chi connectivity index (χ0n) is 11.1. The van der Waals surface area contributed by atoms with Gasteiger partial charge in [0.25, 0.3) is 0 Å². The molecule has 0 bridgehead atoms. The second kappa shape index (κ2) is 5.85. The molecule has 2 atom stereocenters. The van der Waals surface area contributed by atoms with Gasteiger partial charge in [0.15, 0.2) is 0 Å². The Morgan fingerprint density at radius 1 is 1.42 bits per heavy atom. The molecule has 2 rings (SSSR count). The fraction of sp³-hybridized carbons (Fsp3) is 0.571. The molecule has 1 aromatic carbocycles. The molecule has 1 N–H and O–H groups in total. The van der Waals surface area contributed by atoms with Gasteiger partial charge < -0.3 is 10.1 Å². The minimum Gasteiger partial charge on any atom is -0.373 e. The Morgan fingerprint density at radius 2 is 2.16 bits per heavy atom. The zero-order valence-corrected chi connectivity index (χ0v) is 12.7. The molecule has 0 spiro atoms. The number of hydrogen-bond donors (Lipinski definition) is 1. The van der Waals surface area contributed by atoms with Crippen molar-refractivity contribution < 1.29 is 13.5 Å². The van der Waals surface area contributed by atoms with Crippen LogP contribution in [0.1, 0.15) is 38.3 Å². The molecule has 2 nitrogen and oxygen atoms in total. The second-order valence-electron chi connectivity index (χ2n) is 5.04. The minimum absolute atomic E-state index is 0.140. The lowest BCUT2D eigenvalue weighted by Gasteiger charge is -2.34. The lowest BCUT2D eigenvalue weighted by Crippen LogP contribution is -2.41. The van der Waals surface area contributed by atoms with Crippen LogP contribution in [0, 0.1) is 11.6 Å². The summed E-state index contributed by atoms with van der Waals surface area (Å²) in [5.41, 5.74) is -0.163. The third-order valence-electron chi connectivity index (χ3n) is 3.62. The third-order valence-corrected chi connectivity index (χ3v) is 4.23. The van der Waals surface area contributed by atoms with E-state index in [1.165, 1.54) is 12.1 Å². The first kappa shape index (κ1) is 14.9. The number of benzene rings is 1. The third kappa shape index (κ3) is 2.98. The van der Waals surface area contributed by atoms with Gasteiger partial charge in [-0.15, -0.1) is 0 Å². The monoisotopic (exact) mass is 333 g/mol. The van der Waals surface area contributed by atoms with Crippen molar-refractivity contribution in [1.82, 2.24) is 5.32 Å². The molecule has 19 heavy (non-hydrogen) atoms. The van der Waals surface area contributed by atoms with E-state index in [0.29, 0.717) is 18.7 Å². The van der Waals surface area contributed by atoms with Crippen molar-refractivity contribution in [3.05, 3.63) is 33.8 Å². The number of rotatable bonds is 4. The lowest BCUT2D eigenvalue weighted by molar-refractivity contribution is -0.0130. The Labute approximate surface area is 120 Å². The lowest BCUT2D eigenvalue weighted by atomic mass is 9.87. The summed E-state index contributed by atoms with van der Waals surface area (Å²) in [5, 5.41) is 3.22. The molecular weight excluding hydrogens is 316 g/mol. The van der Waals surface area contributed by atoms with Crippen LogP contribution in [0.5, 0.6) is 0 Å². The smallest absolute Gasteiger partial charge is 0.137 e. The highest BCUT2D eigenvalue weighted by Gasteiger charge is 2.40. The fourth-order valence-electron chi connectivity index (χ4n) is 2.65. The van der Waals surface area contributed by atoms with Gasteiger partial charge in [0.2, 0.25) is 0 Å². The van der Waals surface area contributed by atoms with Crippen molar-refractivity contribution in [2.75, 3.05) is 13.2 Å². The summed E-state index contributed by atoms with van der Waals surface area (Å²) >= 11 is 3.00. The van der Waals surface area contributed by atoms with E-state index < -0.39 is 17.2 Å². The first-order valence-corrected chi connectivity index (χ1v) is 7.29. The molecule has 0 aromatic heterocycles. The topological polar surface area (TPSA) is 21.3 Å². The molecule has 0 aliphatic carbocycles. The number of likely N-dealkylation sites (N-methyl/N-ethyl adjacent to an activating group) is 1. The van der Waals surface area contributed by atoms with Crippen LogP contribution < -0.4 is 5.32 Å². The molecule has 5 heteroatoms. The minimum atomic E-state index is -0.489. The van der Waals surface area contributed by atoms with Crippen LogP contribution in [-0.4, -0.2) is 18.8 Å². The number of hydrogen-bond acceptors (Lipinski definition) is 2. The maximum absolute atomic E-state index is 14.1. The SMILES string of the molecule is CCNC(c1cc(F)c(Br)cc1F)C1(C)CCCO1. The summed E-state index contributed by atoms with van der Waals surface area (Å²) in [4.78, 5) is 0. The summed E-state index contributed by atoms with van der Waals surface area (Å²) in [6, 6.07) is 2.08. The number of halogens is 3. The number of ether oxygens (including phenoxy) is 1. The maximum Gasteiger partial charge on any atom is 0.137 e. The van der Waals surface area contributed by atoms with E-state index in [2.05, 4.69) is 21.2 Å². The fourth-order valence-corrected chi connectivity index (χ4v) is 2.96. The van der Waals surface area contributed by atoms with Crippen molar-refractivity contribution in [1.29, 1.82) is 0 Å². The van der Waals surface area contributed by atoms with Gasteiger partial charge in [-0.05, 0) is 54.4 Å². The number of nitrogens with one attached hydrogen (secondary N) is 1. The molecule has 1 aromatic rings. The van der Waals surface area contributed by atoms with Crippen LogP contribution >= 0.6 is 15.9 Å². The summed E-state index contributed by atoms with van der Waals surface area (Å²) in [7, 11) is 0. The molecule has 1 aliphatic heterocycles. The van der Waals surface area contributed by atoms with E-state index in [9.17, 15) is 8.78 Å². The molecule has 0 saturated carbocycles. The average Bonchev–Trinajstić information content (AvgIpc) is 2.79. The van der Waals surface area contributed by atoms with E-state index >= 15 is 0 Å². The molecule has 0 radical (unpaired) electrons. The van der Waals surface area contributed by atoms with E-state index in [1.54, 1.807) is 0 Å². The van der Waals surface area contributed by atoms with E-state index in [-0.39, 0.29) is 10.5 Å². The Hall–Kier alpha value is -0.520. The standard InChI is InChI=1S/C14H18BrF2NO/c1-3-18-13(14(2)5-4-6-19-14)9-7-12(17)10(15)8-11(9)16/h7-8,13,18H,3-6H2,1-2H3. The largest absolute Gasteiger partial charge is 0.373 e. The summed E-state index contributed by atoms with van der Waals surface area (Å²) in [6.07, 6.45) is 1.78. The summed E-state index contributed by atoms with van der Waals surface area (Å²) < 4.78 is 33.7. The van der Waals surface area contributed by atoms with Gasteiger partial charge in [-0.1, -0.05) is 6.92 Å². The van der Waals surface area contributed by atoms with Crippen LogP contribution in [0.3, 0.4) is 0 Å². The van der Waals surface area contributed by atoms with Gasteiger partial charge in [-0.25, -0.2) is 8.78 Å². The Morgan fingerprint density at radius 3 is 2.74 bits per heavy atom. The van der Waals surface area contributed by atoms with Gasteiger partial charge in [0.05, 0.1) is 16.1 Å². The van der Waals surface area contributed by atoms with Crippen molar-refractivity contribution >= 4 is 15.9 Å². The van der Waals surface area contributed by atoms with Crippen LogP contribution in [0.2, 0.25) is 0 Å². The highest BCUT2D eigenvalue weighted by molar-refractivity contribution is 9.10. The molecular formula is C14H18BrF2NO. The molecule has 1 fully saturated rings. The van der Waals surface area contributed by atoms with Crippen molar-refractivity contribution in [3.63, 3.8) is 0 Å². The Kier molecular flexibility index (Phi) is 4.58. The predicted octanol–water partition coefficient (Wildman–Crippen LogP) is 3.95. The van der Waals surface area contributed by atoms with E-state index in [0.717, 1.165) is 12.8 Å². The van der Waals surface area contributed by atoms with Crippen molar-refractivity contribution in [2.24, 2.45) is 0 Å². The van der Waals surface area contributed by atoms with Crippen molar-refractivity contribution in [3.8, 4) is 0 Å². The van der Waals surface area contributed by atoms with Gasteiger partial charge in [0.1, 0.15) is 11.6 Å². The van der Waals surface area contributed by atoms with Crippen molar-refractivity contribution in [2.45, 2.75) is 38.3 Å². The van der Waals surface area contributed by atoms with Gasteiger partial charge >= 0.3 is 0 Å². The van der Waals surface area contributed by atoms with Crippen LogP contribution in [-0.2, 0) is 4.74 Å². The van der Waals surface area contributed by atoms with E-state index in [4.69, 9.17) is 4.74 Å². The normalized spacial score (nSPS) is 24.7. The zero-order chi connectivity index (χ0) is 14.0. The molecule has 1 saturated heterocycles. The first-order chi connectivity index (χ1) is 8.98. The first-order valence-electron chi connectivity index (χ1n) is 6.49. The average molecular weight is 334 g/mol. The molecule has 2 unspecified atom stereocenters. The summed E-state index contributed by atoms with van der Waals surface area (Å²) in [6.45, 7) is 5.23. The van der Waals surface area contributed by atoms with E-state index in [1.807, 2.05) is 13.8 Å². The molecule has 0 amide bonds. The molecule has 1 heterocycles. The van der Waals surface area contributed by atoms with Gasteiger partial charge in [-0.2, -0.15) is 0 Å². The second-order valence-corrected chi connectivity index (χ2v) is 5.90. The van der Waals surface area contributed by atoms with Gasteiger partial charge in [0, 0.05) is 12.2 Å². The van der Waals surface area contributed by atoms with Gasteiger partial charge in [-0.3, -0.25) is 0 Å². The van der Waals surface area contributed by atoms with Crippen LogP contribution in [0.4, 0.5) is 8.78 Å². The Balaban J connectivity index is 2.41. The molecule has 1 aliphatic rings.